The number of aryl methyl sites for hydroxylation is 1. The second kappa shape index (κ2) is 7.99. The molecule has 1 heterocycles. The average molecular weight is 386 g/mol. The third-order valence-corrected chi connectivity index (χ3v) is 3.97. The minimum atomic E-state index is -0.778. The van der Waals surface area contributed by atoms with E-state index in [1.165, 1.54) is 25.1 Å². The first-order valence-electron chi connectivity index (χ1n) is 8.30. The zero-order valence-electron chi connectivity index (χ0n) is 15.1. The maximum absolute atomic E-state index is 13.7. The molecule has 0 bridgehead atoms. The second-order valence-corrected chi connectivity index (χ2v) is 6.02. The lowest BCUT2D eigenvalue weighted by atomic mass is 10.1. The largest absolute Gasteiger partial charge is 0.484 e. The van der Waals surface area contributed by atoms with Crippen molar-refractivity contribution in [3.8, 4) is 5.75 Å². The highest BCUT2D eigenvalue weighted by molar-refractivity contribution is 5.99. The molecular formula is C20H16F2N2O4. The van der Waals surface area contributed by atoms with E-state index in [2.05, 4.69) is 10.5 Å². The summed E-state index contributed by atoms with van der Waals surface area (Å²) in [7, 11) is 0. The fourth-order valence-electron chi connectivity index (χ4n) is 2.62. The highest BCUT2D eigenvalue weighted by Crippen LogP contribution is 2.22. The van der Waals surface area contributed by atoms with E-state index >= 15 is 0 Å². The molecule has 0 saturated carbocycles. The molecule has 0 fully saturated rings. The first kappa shape index (κ1) is 19.2. The molecule has 3 rings (SSSR count). The molecule has 8 heteroatoms. The van der Waals surface area contributed by atoms with Crippen molar-refractivity contribution in [1.29, 1.82) is 0 Å². The van der Waals surface area contributed by atoms with Crippen molar-refractivity contribution in [1.82, 2.24) is 5.43 Å². The third kappa shape index (κ3) is 4.22. The Kier molecular flexibility index (Phi) is 5.49. The Balaban J connectivity index is 1.66. The van der Waals surface area contributed by atoms with Crippen LogP contribution in [0.3, 0.4) is 0 Å². The summed E-state index contributed by atoms with van der Waals surface area (Å²) in [5, 5.41) is 4.45. The van der Waals surface area contributed by atoms with Gasteiger partial charge in [-0.1, -0.05) is 6.07 Å². The van der Waals surface area contributed by atoms with Crippen LogP contribution in [0.1, 0.15) is 18.1 Å². The van der Waals surface area contributed by atoms with E-state index in [1.54, 1.807) is 19.1 Å². The van der Waals surface area contributed by atoms with Gasteiger partial charge in [-0.3, -0.25) is 4.79 Å². The SMILES string of the molecule is C/C(=N/NC(=O)COc1ccc2c(C)cc(=O)oc2c1)c1c(F)cccc1F. The lowest BCUT2D eigenvalue weighted by molar-refractivity contribution is -0.123. The third-order valence-electron chi connectivity index (χ3n) is 3.97. The van der Waals surface area contributed by atoms with Gasteiger partial charge < -0.3 is 9.15 Å². The molecule has 3 aromatic rings. The van der Waals surface area contributed by atoms with Crippen LogP contribution in [0.5, 0.6) is 5.75 Å². The van der Waals surface area contributed by atoms with Crippen LogP contribution in [-0.4, -0.2) is 18.2 Å². The number of amides is 1. The van der Waals surface area contributed by atoms with Crippen LogP contribution in [0.25, 0.3) is 11.0 Å². The van der Waals surface area contributed by atoms with Crippen molar-refractivity contribution < 1.29 is 22.7 Å². The maximum Gasteiger partial charge on any atom is 0.336 e. The highest BCUT2D eigenvalue weighted by Gasteiger charge is 2.12. The summed E-state index contributed by atoms with van der Waals surface area (Å²) in [6.07, 6.45) is 0. The number of nitrogens with zero attached hydrogens (tertiary/aromatic N) is 1. The van der Waals surface area contributed by atoms with Crippen molar-refractivity contribution in [3.63, 3.8) is 0 Å². The summed E-state index contributed by atoms with van der Waals surface area (Å²) in [5.74, 6) is -1.86. The van der Waals surface area contributed by atoms with Gasteiger partial charge in [0.05, 0.1) is 11.3 Å². The molecular weight excluding hydrogens is 370 g/mol. The molecule has 0 aliphatic carbocycles. The monoisotopic (exact) mass is 386 g/mol. The van der Waals surface area contributed by atoms with Crippen molar-refractivity contribution in [2.45, 2.75) is 13.8 Å². The predicted molar refractivity (Wildman–Crippen MR) is 99.4 cm³/mol. The summed E-state index contributed by atoms with van der Waals surface area (Å²) in [6, 6.07) is 9.66. The van der Waals surface area contributed by atoms with Gasteiger partial charge in [0, 0.05) is 17.5 Å². The number of rotatable bonds is 5. The Bertz CT molecular complexity index is 1120. The number of hydrazone groups is 1. The molecule has 0 spiro atoms. The van der Waals surface area contributed by atoms with Gasteiger partial charge in [0.25, 0.3) is 5.91 Å². The van der Waals surface area contributed by atoms with E-state index in [4.69, 9.17) is 9.15 Å². The standard InChI is InChI=1S/C20H16F2N2O4/c1-11-8-19(26)28-17-9-13(6-7-14(11)17)27-10-18(25)24-23-12(2)20-15(21)4-3-5-16(20)22/h3-9H,10H2,1-2H3,(H,24,25)/b23-12-. The number of hydrogen-bond donors (Lipinski definition) is 1. The molecule has 0 aliphatic heterocycles. The maximum atomic E-state index is 13.7. The molecule has 0 saturated heterocycles. The highest BCUT2D eigenvalue weighted by atomic mass is 19.1. The van der Waals surface area contributed by atoms with E-state index in [-0.39, 0.29) is 11.3 Å². The lowest BCUT2D eigenvalue weighted by Crippen LogP contribution is -2.26. The Labute approximate surface area is 158 Å². The van der Waals surface area contributed by atoms with Crippen LogP contribution < -0.4 is 15.8 Å². The number of carbonyl (C=O) groups is 1. The molecule has 1 aromatic heterocycles. The number of ether oxygens (including phenoxy) is 1. The zero-order valence-corrected chi connectivity index (χ0v) is 15.1. The second-order valence-electron chi connectivity index (χ2n) is 6.02. The number of carbonyl (C=O) groups excluding carboxylic acids is 1. The quantitative estimate of drug-likeness (QED) is 0.414. The predicted octanol–water partition coefficient (Wildman–Crippen LogP) is 3.30. The lowest BCUT2D eigenvalue weighted by Gasteiger charge is -2.08. The first-order chi connectivity index (χ1) is 13.3. The molecule has 144 valence electrons. The molecule has 2 aromatic carbocycles. The Hall–Kier alpha value is -3.55. The van der Waals surface area contributed by atoms with Crippen molar-refractivity contribution >= 4 is 22.6 Å². The average Bonchev–Trinajstić information content (AvgIpc) is 2.64. The topological polar surface area (TPSA) is 80.9 Å². The van der Waals surface area contributed by atoms with Gasteiger partial charge in [-0.15, -0.1) is 0 Å². The molecule has 6 nitrogen and oxygen atoms in total. The van der Waals surface area contributed by atoms with Crippen LogP contribution in [0.4, 0.5) is 8.78 Å². The summed E-state index contributed by atoms with van der Waals surface area (Å²) >= 11 is 0. The van der Waals surface area contributed by atoms with Crippen molar-refractivity contribution in [2.75, 3.05) is 6.61 Å². The van der Waals surface area contributed by atoms with Crippen LogP contribution >= 0.6 is 0 Å². The fourth-order valence-corrected chi connectivity index (χ4v) is 2.62. The fraction of sp³-hybridized carbons (Fsp3) is 0.150. The first-order valence-corrected chi connectivity index (χ1v) is 8.30. The Morgan fingerprint density at radius 3 is 2.61 bits per heavy atom. The summed E-state index contributed by atoms with van der Waals surface area (Å²) < 4.78 is 37.8. The van der Waals surface area contributed by atoms with Gasteiger partial charge in [-0.05, 0) is 43.7 Å². The molecule has 1 amide bonds. The number of halogens is 2. The van der Waals surface area contributed by atoms with E-state index in [1.807, 2.05) is 0 Å². The van der Waals surface area contributed by atoms with Crippen LogP contribution in [-0.2, 0) is 4.79 Å². The summed E-state index contributed by atoms with van der Waals surface area (Å²) in [5.41, 5.74) is 2.46. The number of hydrogen-bond acceptors (Lipinski definition) is 5. The molecule has 28 heavy (non-hydrogen) atoms. The normalized spacial score (nSPS) is 11.5. The zero-order chi connectivity index (χ0) is 20.3. The van der Waals surface area contributed by atoms with Crippen LogP contribution in [0.2, 0.25) is 0 Å². The van der Waals surface area contributed by atoms with Crippen molar-refractivity contribution in [2.24, 2.45) is 5.10 Å². The molecule has 0 aliphatic rings. The number of fused-ring (bicyclic) bond motifs is 1. The Morgan fingerprint density at radius 2 is 1.89 bits per heavy atom. The van der Waals surface area contributed by atoms with Crippen LogP contribution in [0.15, 0.2) is 56.8 Å². The van der Waals surface area contributed by atoms with Crippen LogP contribution in [0, 0.1) is 18.6 Å². The van der Waals surface area contributed by atoms with Gasteiger partial charge in [-0.25, -0.2) is 19.0 Å². The molecule has 0 radical (unpaired) electrons. The molecule has 0 atom stereocenters. The van der Waals surface area contributed by atoms with Gasteiger partial charge in [0.1, 0.15) is 23.0 Å². The molecule has 1 N–H and O–H groups in total. The van der Waals surface area contributed by atoms with Crippen molar-refractivity contribution in [3.05, 3.63) is 75.6 Å². The van der Waals surface area contributed by atoms with E-state index < -0.39 is 29.8 Å². The van der Waals surface area contributed by atoms with Gasteiger partial charge in [-0.2, -0.15) is 5.10 Å². The van der Waals surface area contributed by atoms with Gasteiger partial charge in [0.2, 0.25) is 0 Å². The van der Waals surface area contributed by atoms with Gasteiger partial charge >= 0.3 is 5.63 Å². The summed E-state index contributed by atoms with van der Waals surface area (Å²) in [6.45, 7) is 2.76. The molecule has 0 unspecified atom stereocenters. The van der Waals surface area contributed by atoms with E-state index in [0.717, 1.165) is 23.1 Å². The van der Waals surface area contributed by atoms with E-state index in [0.29, 0.717) is 11.3 Å². The van der Waals surface area contributed by atoms with E-state index in [9.17, 15) is 18.4 Å². The smallest absolute Gasteiger partial charge is 0.336 e. The Morgan fingerprint density at radius 1 is 1.18 bits per heavy atom. The minimum Gasteiger partial charge on any atom is -0.484 e. The summed E-state index contributed by atoms with van der Waals surface area (Å²) in [4.78, 5) is 23.3. The van der Waals surface area contributed by atoms with Gasteiger partial charge in [0.15, 0.2) is 6.61 Å². The number of nitrogens with one attached hydrogen (secondary N) is 1. The minimum absolute atomic E-state index is 0.0214. The number of benzene rings is 2.